The van der Waals surface area contributed by atoms with Crippen LogP contribution in [-0.2, 0) is 22.4 Å². The molecule has 2 N–H and O–H groups in total. The van der Waals surface area contributed by atoms with E-state index in [9.17, 15) is 9.59 Å². The summed E-state index contributed by atoms with van der Waals surface area (Å²) in [6, 6.07) is 5.50. The Morgan fingerprint density at radius 1 is 1.22 bits per heavy atom. The number of methoxy groups -OCH3 is 1. The number of H-pyrrole nitrogens is 1. The maximum absolute atomic E-state index is 12.5. The molecule has 2 heterocycles. The van der Waals surface area contributed by atoms with E-state index in [0.29, 0.717) is 23.6 Å². The molecule has 1 amide bonds. The number of nitrogens with one attached hydrogen (secondary N) is 2. The van der Waals surface area contributed by atoms with Gasteiger partial charge in [0.25, 0.3) is 5.91 Å². The fourth-order valence-electron chi connectivity index (χ4n) is 3.85. The molecular formula is C21H22N2O4. The lowest BCUT2D eigenvalue weighted by molar-refractivity contribution is -0.110. The van der Waals surface area contributed by atoms with Gasteiger partial charge in [-0.1, -0.05) is 0 Å². The fourth-order valence-corrected chi connectivity index (χ4v) is 3.85. The number of fused-ring (bicyclic) bond motifs is 2. The van der Waals surface area contributed by atoms with E-state index >= 15 is 0 Å². The van der Waals surface area contributed by atoms with Crippen molar-refractivity contribution in [3.05, 3.63) is 46.3 Å². The van der Waals surface area contributed by atoms with Gasteiger partial charge in [0, 0.05) is 16.9 Å². The summed E-state index contributed by atoms with van der Waals surface area (Å²) in [5.74, 6) is 0.199. The van der Waals surface area contributed by atoms with Crippen molar-refractivity contribution in [2.24, 2.45) is 0 Å². The lowest BCUT2D eigenvalue weighted by atomic mass is 9.91. The molecule has 0 bridgehead atoms. The van der Waals surface area contributed by atoms with Gasteiger partial charge in [0.1, 0.15) is 11.4 Å². The van der Waals surface area contributed by atoms with Crippen molar-refractivity contribution in [2.75, 3.05) is 19.0 Å². The van der Waals surface area contributed by atoms with Gasteiger partial charge in [0.15, 0.2) is 0 Å². The van der Waals surface area contributed by atoms with Crippen LogP contribution in [0.2, 0.25) is 0 Å². The lowest BCUT2D eigenvalue weighted by Gasteiger charge is -2.13. The zero-order valence-corrected chi connectivity index (χ0v) is 15.5. The quantitative estimate of drug-likeness (QED) is 0.640. The van der Waals surface area contributed by atoms with Crippen molar-refractivity contribution in [1.29, 1.82) is 0 Å². The van der Waals surface area contributed by atoms with Crippen LogP contribution >= 0.6 is 0 Å². The van der Waals surface area contributed by atoms with Crippen LogP contribution in [0.25, 0.3) is 11.6 Å². The van der Waals surface area contributed by atoms with Crippen molar-refractivity contribution in [3.63, 3.8) is 0 Å². The lowest BCUT2D eigenvalue weighted by Crippen LogP contribution is -2.10. The van der Waals surface area contributed by atoms with E-state index in [1.165, 1.54) is 0 Å². The van der Waals surface area contributed by atoms with Gasteiger partial charge in [-0.25, -0.2) is 4.79 Å². The number of carbonyl (C=O) groups excluding carboxylic acids is 2. The molecule has 2 aliphatic rings. The number of benzene rings is 1. The van der Waals surface area contributed by atoms with Crippen LogP contribution < -0.4 is 10.1 Å². The summed E-state index contributed by atoms with van der Waals surface area (Å²) in [6.45, 7) is 2.13. The number of hydrogen-bond acceptors (Lipinski definition) is 4. The summed E-state index contributed by atoms with van der Waals surface area (Å²) in [5, 5.41) is 2.88. The van der Waals surface area contributed by atoms with E-state index in [2.05, 4.69) is 10.3 Å². The Morgan fingerprint density at radius 3 is 2.74 bits per heavy atom. The Morgan fingerprint density at radius 2 is 2.00 bits per heavy atom. The molecule has 6 heteroatoms. The van der Waals surface area contributed by atoms with Crippen LogP contribution in [-0.4, -0.2) is 30.6 Å². The molecule has 27 heavy (non-hydrogen) atoms. The Labute approximate surface area is 157 Å². The van der Waals surface area contributed by atoms with Crippen molar-refractivity contribution in [3.8, 4) is 5.75 Å². The first-order chi connectivity index (χ1) is 13.1. The highest BCUT2D eigenvalue weighted by Crippen LogP contribution is 2.37. The van der Waals surface area contributed by atoms with E-state index in [4.69, 9.17) is 9.47 Å². The number of esters is 1. The SMILES string of the molecule is CCOC(=O)c1[nH]c(/C=C2\C(=O)Nc3ccc(OC)cc32)c2c1CCCC2. The second-order valence-electron chi connectivity index (χ2n) is 6.72. The molecule has 6 nitrogen and oxygen atoms in total. The average molecular weight is 366 g/mol. The summed E-state index contributed by atoms with van der Waals surface area (Å²) < 4.78 is 10.5. The molecule has 0 radical (unpaired) electrons. The number of aromatic nitrogens is 1. The zero-order valence-electron chi connectivity index (χ0n) is 15.5. The van der Waals surface area contributed by atoms with Crippen LogP contribution in [0.15, 0.2) is 18.2 Å². The van der Waals surface area contributed by atoms with Gasteiger partial charge in [-0.05, 0) is 68.0 Å². The van der Waals surface area contributed by atoms with Gasteiger partial charge >= 0.3 is 5.97 Å². The third-order valence-electron chi connectivity index (χ3n) is 5.13. The van der Waals surface area contributed by atoms with Crippen LogP contribution in [0.1, 0.15) is 52.6 Å². The molecule has 0 unspecified atom stereocenters. The molecule has 0 saturated heterocycles. The Kier molecular flexibility index (Phi) is 4.48. The first-order valence-corrected chi connectivity index (χ1v) is 9.24. The highest BCUT2D eigenvalue weighted by Gasteiger charge is 2.28. The Bertz CT molecular complexity index is 955. The number of anilines is 1. The summed E-state index contributed by atoms with van der Waals surface area (Å²) in [6.07, 6.45) is 5.69. The zero-order chi connectivity index (χ0) is 19.0. The van der Waals surface area contributed by atoms with E-state index in [1.807, 2.05) is 24.3 Å². The summed E-state index contributed by atoms with van der Waals surface area (Å²) in [5.41, 5.74) is 5.59. The fraction of sp³-hybridized carbons (Fsp3) is 0.333. The van der Waals surface area contributed by atoms with E-state index in [1.54, 1.807) is 14.0 Å². The van der Waals surface area contributed by atoms with Gasteiger partial charge in [-0.2, -0.15) is 0 Å². The summed E-state index contributed by atoms with van der Waals surface area (Å²) in [4.78, 5) is 28.1. The maximum atomic E-state index is 12.5. The van der Waals surface area contributed by atoms with Crippen LogP contribution in [0.4, 0.5) is 5.69 Å². The molecule has 0 spiro atoms. The van der Waals surface area contributed by atoms with Crippen molar-refractivity contribution in [2.45, 2.75) is 32.6 Å². The van der Waals surface area contributed by atoms with Crippen LogP contribution in [0.3, 0.4) is 0 Å². The predicted molar refractivity (Wildman–Crippen MR) is 103 cm³/mol. The molecule has 0 atom stereocenters. The molecule has 4 rings (SSSR count). The Hall–Kier alpha value is -3.02. The highest BCUT2D eigenvalue weighted by molar-refractivity contribution is 6.35. The topological polar surface area (TPSA) is 80.4 Å². The second kappa shape index (κ2) is 6.95. The van der Waals surface area contributed by atoms with Crippen LogP contribution in [0, 0.1) is 0 Å². The normalized spacial score (nSPS) is 16.7. The first kappa shape index (κ1) is 17.4. The first-order valence-electron chi connectivity index (χ1n) is 9.24. The van der Waals surface area contributed by atoms with Gasteiger partial charge in [0.05, 0.1) is 19.3 Å². The molecule has 1 aliphatic carbocycles. The number of carbonyl (C=O) groups is 2. The summed E-state index contributed by atoms with van der Waals surface area (Å²) in [7, 11) is 1.60. The summed E-state index contributed by atoms with van der Waals surface area (Å²) >= 11 is 0. The number of rotatable bonds is 4. The molecule has 0 fully saturated rings. The minimum absolute atomic E-state index is 0.157. The molecule has 1 aromatic carbocycles. The number of ether oxygens (including phenoxy) is 2. The minimum Gasteiger partial charge on any atom is -0.497 e. The number of hydrogen-bond donors (Lipinski definition) is 2. The van der Waals surface area contributed by atoms with Crippen molar-refractivity contribution in [1.82, 2.24) is 4.98 Å². The monoisotopic (exact) mass is 366 g/mol. The predicted octanol–water partition coefficient (Wildman–Crippen LogP) is 3.57. The standard InChI is InChI=1S/C21H22N2O4/c1-3-27-21(25)19-14-7-5-4-6-13(14)18(22-19)11-16-15-10-12(26-2)8-9-17(15)23-20(16)24/h8-11,22H,3-7H2,1-2H3,(H,23,24)/b16-11-. The van der Waals surface area contributed by atoms with Gasteiger partial charge < -0.3 is 19.8 Å². The van der Waals surface area contributed by atoms with E-state index < -0.39 is 0 Å². The maximum Gasteiger partial charge on any atom is 0.355 e. The van der Waals surface area contributed by atoms with Gasteiger partial charge in [0.2, 0.25) is 0 Å². The van der Waals surface area contributed by atoms with Gasteiger partial charge in [-0.3, -0.25) is 4.79 Å². The average Bonchev–Trinajstić information content (AvgIpc) is 3.20. The second-order valence-corrected chi connectivity index (χ2v) is 6.72. The molecular weight excluding hydrogens is 344 g/mol. The largest absolute Gasteiger partial charge is 0.497 e. The smallest absolute Gasteiger partial charge is 0.355 e. The van der Waals surface area contributed by atoms with E-state index in [-0.39, 0.29) is 11.9 Å². The molecule has 140 valence electrons. The number of amides is 1. The molecule has 1 aliphatic heterocycles. The highest BCUT2D eigenvalue weighted by atomic mass is 16.5. The molecule has 1 aromatic heterocycles. The van der Waals surface area contributed by atoms with Crippen LogP contribution in [0.5, 0.6) is 5.75 Å². The van der Waals surface area contributed by atoms with E-state index in [0.717, 1.165) is 53.8 Å². The van der Waals surface area contributed by atoms with Crippen molar-refractivity contribution >= 4 is 29.2 Å². The molecule has 0 saturated carbocycles. The Balaban J connectivity index is 1.81. The third kappa shape index (κ3) is 3.01. The molecule has 2 aromatic rings. The number of aromatic amines is 1. The third-order valence-corrected chi connectivity index (χ3v) is 5.13. The van der Waals surface area contributed by atoms with Gasteiger partial charge in [-0.15, -0.1) is 0 Å². The van der Waals surface area contributed by atoms with Crippen molar-refractivity contribution < 1.29 is 19.1 Å². The minimum atomic E-state index is -0.335.